The summed E-state index contributed by atoms with van der Waals surface area (Å²) < 4.78 is 42.2. The molecule has 3 nitrogen and oxygen atoms in total. The number of fused-ring (bicyclic) bond motifs is 2. The Balaban J connectivity index is 1.37. The average molecular weight is 444 g/mol. The van der Waals surface area contributed by atoms with Crippen LogP contribution in [0.25, 0.3) is 21.9 Å². The van der Waals surface area contributed by atoms with Crippen molar-refractivity contribution in [2.75, 3.05) is 0 Å². The molecule has 160 valence electrons. The fraction of sp³-hybridized carbons (Fsp3) is 0.333. The van der Waals surface area contributed by atoms with Crippen molar-refractivity contribution in [2.24, 2.45) is 5.92 Å². The Morgan fingerprint density at radius 2 is 1.84 bits per heavy atom. The largest absolute Gasteiger partial charge is 0.342 e. The molecule has 31 heavy (non-hydrogen) atoms. The van der Waals surface area contributed by atoms with Crippen LogP contribution in [0.1, 0.15) is 55.8 Å². The topological polar surface area (TPSA) is 41.6 Å². The van der Waals surface area contributed by atoms with Crippen molar-refractivity contribution in [3.8, 4) is 0 Å². The molecular weight excluding hydrogens is 423 g/mol. The third-order valence-electron chi connectivity index (χ3n) is 6.72. The molecule has 2 heterocycles. The van der Waals surface area contributed by atoms with Crippen molar-refractivity contribution in [3.05, 3.63) is 70.4 Å². The zero-order chi connectivity index (χ0) is 21.7. The molecule has 1 aliphatic carbocycles. The number of nitrogens with zero attached hydrogens (tertiary/aromatic N) is 2. The van der Waals surface area contributed by atoms with Crippen LogP contribution in [0.4, 0.5) is 13.2 Å². The molecule has 1 aliphatic rings. The van der Waals surface area contributed by atoms with E-state index in [1.807, 2.05) is 12.1 Å². The molecule has 1 unspecified atom stereocenters. The first kappa shape index (κ1) is 20.3. The van der Waals surface area contributed by atoms with E-state index in [1.165, 1.54) is 6.07 Å². The van der Waals surface area contributed by atoms with Gasteiger partial charge in [-0.2, -0.15) is 0 Å². The Hall–Kier alpha value is -2.60. The van der Waals surface area contributed by atoms with Crippen LogP contribution < -0.4 is 0 Å². The monoisotopic (exact) mass is 443 g/mol. The van der Waals surface area contributed by atoms with E-state index >= 15 is 0 Å². The highest BCUT2D eigenvalue weighted by Crippen LogP contribution is 2.44. The molecule has 4 aromatic rings. The maximum Gasteiger partial charge on any atom is 0.179 e. The summed E-state index contributed by atoms with van der Waals surface area (Å²) in [4.78, 5) is 11.9. The molecule has 1 fully saturated rings. The lowest BCUT2D eigenvalue weighted by Crippen LogP contribution is -2.19. The molecule has 7 heteroatoms. The van der Waals surface area contributed by atoms with Gasteiger partial charge >= 0.3 is 0 Å². The molecule has 5 rings (SSSR count). The van der Waals surface area contributed by atoms with Gasteiger partial charge in [0, 0.05) is 29.1 Å². The Morgan fingerprint density at radius 3 is 2.61 bits per heavy atom. The number of hydrogen-bond donors (Lipinski definition) is 1. The van der Waals surface area contributed by atoms with E-state index in [0.29, 0.717) is 17.3 Å². The highest BCUT2D eigenvalue weighted by molar-refractivity contribution is 6.35. The SMILES string of the molecule is CC(c1nc2c(Cl)c(F)c(F)cc2[nH]1)C1CCC(c2c(F)ccc3ncccc23)CC1. The van der Waals surface area contributed by atoms with E-state index in [0.717, 1.165) is 48.2 Å². The second-order valence-electron chi connectivity index (χ2n) is 8.44. The highest BCUT2D eigenvalue weighted by atomic mass is 35.5. The lowest BCUT2D eigenvalue weighted by atomic mass is 9.73. The van der Waals surface area contributed by atoms with E-state index in [4.69, 9.17) is 11.6 Å². The van der Waals surface area contributed by atoms with Crippen LogP contribution in [0.2, 0.25) is 5.02 Å². The molecule has 0 saturated heterocycles. The number of nitrogens with one attached hydrogen (secondary N) is 1. The molecule has 1 saturated carbocycles. The third kappa shape index (κ3) is 3.47. The van der Waals surface area contributed by atoms with Crippen LogP contribution in [0.3, 0.4) is 0 Å². The summed E-state index contributed by atoms with van der Waals surface area (Å²) in [5, 5.41) is 0.587. The number of imidazole rings is 1. The fourth-order valence-corrected chi connectivity index (χ4v) is 5.22. The minimum Gasteiger partial charge on any atom is -0.342 e. The van der Waals surface area contributed by atoms with Crippen molar-refractivity contribution in [2.45, 2.75) is 44.4 Å². The quantitative estimate of drug-likeness (QED) is 0.338. The van der Waals surface area contributed by atoms with Crippen LogP contribution >= 0.6 is 11.6 Å². The van der Waals surface area contributed by atoms with Gasteiger partial charge in [0.05, 0.1) is 11.0 Å². The van der Waals surface area contributed by atoms with Crippen LogP contribution in [-0.4, -0.2) is 15.0 Å². The highest BCUT2D eigenvalue weighted by Gasteiger charge is 2.30. The summed E-state index contributed by atoms with van der Waals surface area (Å²) in [5.41, 5.74) is 2.22. The molecule has 1 atom stereocenters. The van der Waals surface area contributed by atoms with Gasteiger partial charge in [0.15, 0.2) is 11.6 Å². The van der Waals surface area contributed by atoms with Gasteiger partial charge in [-0.1, -0.05) is 24.6 Å². The van der Waals surface area contributed by atoms with Gasteiger partial charge in [0.2, 0.25) is 0 Å². The van der Waals surface area contributed by atoms with Gasteiger partial charge in [-0.15, -0.1) is 0 Å². The number of H-pyrrole nitrogens is 1. The zero-order valence-corrected chi connectivity index (χ0v) is 17.7. The predicted molar refractivity (Wildman–Crippen MR) is 116 cm³/mol. The van der Waals surface area contributed by atoms with E-state index < -0.39 is 11.6 Å². The van der Waals surface area contributed by atoms with E-state index in [9.17, 15) is 13.2 Å². The smallest absolute Gasteiger partial charge is 0.179 e. The molecule has 1 N–H and O–H groups in total. The van der Waals surface area contributed by atoms with Crippen molar-refractivity contribution in [3.63, 3.8) is 0 Å². The standard InChI is InChI=1S/C24H21ClF3N3/c1-12(24-30-19-11-17(27)22(28)21(25)23(19)31-24)13-4-6-14(7-5-13)20-15-3-2-10-29-18(15)9-8-16(20)26/h2-3,8-14H,4-7H2,1H3,(H,30,31). The van der Waals surface area contributed by atoms with Crippen molar-refractivity contribution < 1.29 is 13.2 Å². The van der Waals surface area contributed by atoms with Gasteiger partial charge < -0.3 is 4.98 Å². The second kappa shape index (κ2) is 7.83. The molecule has 0 spiro atoms. The third-order valence-corrected chi connectivity index (χ3v) is 7.07. The van der Waals surface area contributed by atoms with Crippen molar-refractivity contribution in [1.29, 1.82) is 0 Å². The molecule has 2 aromatic carbocycles. The Morgan fingerprint density at radius 1 is 1.06 bits per heavy atom. The number of halogens is 4. The first-order valence-electron chi connectivity index (χ1n) is 10.5. The molecule has 2 aromatic heterocycles. The van der Waals surface area contributed by atoms with Crippen molar-refractivity contribution in [1.82, 2.24) is 15.0 Å². The first-order chi connectivity index (χ1) is 14.9. The van der Waals surface area contributed by atoms with Crippen LogP contribution in [0.5, 0.6) is 0 Å². The average Bonchev–Trinajstić information content (AvgIpc) is 3.21. The Bertz CT molecular complexity index is 1280. The zero-order valence-electron chi connectivity index (χ0n) is 16.9. The fourth-order valence-electron chi connectivity index (χ4n) is 4.99. The van der Waals surface area contributed by atoms with Gasteiger partial charge in [0.1, 0.15) is 22.2 Å². The number of benzene rings is 2. The van der Waals surface area contributed by atoms with Crippen LogP contribution in [0.15, 0.2) is 36.5 Å². The van der Waals surface area contributed by atoms with Crippen LogP contribution in [-0.2, 0) is 0 Å². The number of pyridine rings is 1. The summed E-state index contributed by atoms with van der Waals surface area (Å²) in [5.74, 6) is -1.03. The normalized spacial score (nSPS) is 20.4. The molecule has 0 amide bonds. The molecular formula is C24H21ClF3N3. The van der Waals surface area contributed by atoms with E-state index in [1.54, 1.807) is 12.3 Å². The van der Waals surface area contributed by atoms with Gasteiger partial charge in [-0.3, -0.25) is 4.98 Å². The summed E-state index contributed by atoms with van der Waals surface area (Å²) >= 11 is 5.95. The van der Waals surface area contributed by atoms with Crippen LogP contribution in [0, 0.1) is 23.4 Å². The molecule has 0 aliphatic heterocycles. The van der Waals surface area contributed by atoms with E-state index in [-0.39, 0.29) is 28.2 Å². The predicted octanol–water partition coefficient (Wildman–Crippen LogP) is 7.26. The summed E-state index contributed by atoms with van der Waals surface area (Å²) in [6.07, 6.45) is 5.28. The maximum atomic E-state index is 14.7. The minimum absolute atomic E-state index is 0.0644. The lowest BCUT2D eigenvalue weighted by Gasteiger charge is -2.32. The molecule has 0 bridgehead atoms. The number of aromatic amines is 1. The minimum atomic E-state index is -1.08. The van der Waals surface area contributed by atoms with Gasteiger partial charge in [0.25, 0.3) is 0 Å². The Kier molecular flexibility index (Phi) is 5.13. The lowest BCUT2D eigenvalue weighted by molar-refractivity contribution is 0.284. The summed E-state index contributed by atoms with van der Waals surface area (Å²) in [6, 6.07) is 8.10. The van der Waals surface area contributed by atoms with Gasteiger partial charge in [-0.25, -0.2) is 18.2 Å². The number of hydrogen-bond acceptors (Lipinski definition) is 2. The van der Waals surface area contributed by atoms with Crippen molar-refractivity contribution >= 4 is 33.5 Å². The van der Waals surface area contributed by atoms with Gasteiger partial charge in [-0.05, 0) is 55.7 Å². The second-order valence-corrected chi connectivity index (χ2v) is 8.81. The van der Waals surface area contributed by atoms with E-state index in [2.05, 4.69) is 21.9 Å². The first-order valence-corrected chi connectivity index (χ1v) is 10.9. The Labute approximate surface area is 182 Å². The number of aromatic nitrogens is 3. The summed E-state index contributed by atoms with van der Waals surface area (Å²) in [7, 11) is 0. The maximum absolute atomic E-state index is 14.7. The summed E-state index contributed by atoms with van der Waals surface area (Å²) in [6.45, 7) is 2.06. The molecule has 0 radical (unpaired) electrons. The number of rotatable bonds is 3.